The van der Waals surface area contributed by atoms with Gasteiger partial charge in [-0.3, -0.25) is 0 Å². The van der Waals surface area contributed by atoms with Crippen LogP contribution in [0.4, 0.5) is 5.69 Å². The Morgan fingerprint density at radius 3 is 2.73 bits per heavy atom. The molecule has 0 amide bonds. The molecule has 0 aromatic heterocycles. The summed E-state index contributed by atoms with van der Waals surface area (Å²) < 4.78 is 0. The second kappa shape index (κ2) is 8.49. The van der Waals surface area contributed by atoms with E-state index in [1.807, 2.05) is 0 Å². The van der Waals surface area contributed by atoms with Crippen molar-refractivity contribution in [3.8, 4) is 0 Å². The van der Waals surface area contributed by atoms with Gasteiger partial charge in [0.1, 0.15) is 0 Å². The third-order valence-electron chi connectivity index (χ3n) is 4.67. The van der Waals surface area contributed by atoms with E-state index in [4.69, 9.17) is 12.2 Å². The first kappa shape index (κ1) is 17.2. The molecule has 0 bridgehead atoms. The van der Waals surface area contributed by atoms with Crippen LogP contribution in [0.15, 0.2) is 18.2 Å². The summed E-state index contributed by atoms with van der Waals surface area (Å²) in [7, 11) is 0. The molecule has 4 heteroatoms. The molecule has 0 aliphatic carbocycles. The van der Waals surface area contributed by atoms with Gasteiger partial charge in [-0.05, 0) is 88.1 Å². The van der Waals surface area contributed by atoms with Crippen molar-refractivity contribution in [3.05, 3.63) is 29.3 Å². The zero-order valence-corrected chi connectivity index (χ0v) is 14.9. The number of thiocarbonyl (C=S) groups is 1. The first-order valence-electron chi connectivity index (χ1n) is 8.39. The van der Waals surface area contributed by atoms with Crippen molar-refractivity contribution in [3.63, 3.8) is 0 Å². The Morgan fingerprint density at radius 1 is 1.27 bits per heavy atom. The van der Waals surface area contributed by atoms with E-state index in [0.717, 1.165) is 29.7 Å². The van der Waals surface area contributed by atoms with Crippen molar-refractivity contribution in [2.24, 2.45) is 5.92 Å². The van der Waals surface area contributed by atoms with Crippen molar-refractivity contribution >= 4 is 23.0 Å². The van der Waals surface area contributed by atoms with Crippen molar-refractivity contribution in [2.75, 3.05) is 31.5 Å². The van der Waals surface area contributed by atoms with Gasteiger partial charge < -0.3 is 15.5 Å². The summed E-state index contributed by atoms with van der Waals surface area (Å²) in [6.07, 6.45) is 3.84. The Balaban J connectivity index is 1.65. The zero-order valence-electron chi connectivity index (χ0n) is 14.1. The molecule has 1 aromatic rings. The lowest BCUT2D eigenvalue weighted by atomic mass is 9.99. The Morgan fingerprint density at radius 2 is 2.00 bits per heavy atom. The van der Waals surface area contributed by atoms with Gasteiger partial charge in [0.25, 0.3) is 0 Å². The van der Waals surface area contributed by atoms with Crippen LogP contribution in [0, 0.1) is 19.8 Å². The minimum Gasteiger partial charge on any atom is -0.362 e. The van der Waals surface area contributed by atoms with Gasteiger partial charge in [0.15, 0.2) is 5.11 Å². The van der Waals surface area contributed by atoms with Crippen LogP contribution in [0.1, 0.15) is 37.3 Å². The number of nitrogens with zero attached hydrogens (tertiary/aromatic N) is 1. The zero-order chi connectivity index (χ0) is 15.9. The Bertz CT molecular complexity index is 493. The first-order chi connectivity index (χ1) is 10.6. The molecule has 0 unspecified atom stereocenters. The highest BCUT2D eigenvalue weighted by Gasteiger charge is 2.14. The molecule has 0 spiro atoms. The highest BCUT2D eigenvalue weighted by molar-refractivity contribution is 7.80. The predicted molar refractivity (Wildman–Crippen MR) is 99.6 cm³/mol. The number of piperidine rings is 1. The van der Waals surface area contributed by atoms with Crippen molar-refractivity contribution in [1.82, 2.24) is 10.2 Å². The maximum Gasteiger partial charge on any atom is 0.170 e. The maximum atomic E-state index is 5.39. The van der Waals surface area contributed by atoms with Crippen LogP contribution in [-0.2, 0) is 0 Å². The van der Waals surface area contributed by atoms with E-state index in [1.54, 1.807) is 0 Å². The van der Waals surface area contributed by atoms with E-state index in [0.29, 0.717) is 0 Å². The van der Waals surface area contributed by atoms with Crippen molar-refractivity contribution in [2.45, 2.75) is 40.0 Å². The van der Waals surface area contributed by atoms with Gasteiger partial charge in [-0.1, -0.05) is 19.1 Å². The fourth-order valence-corrected chi connectivity index (χ4v) is 3.06. The normalized spacial score (nSPS) is 16.5. The van der Waals surface area contributed by atoms with Gasteiger partial charge in [-0.25, -0.2) is 0 Å². The molecule has 2 N–H and O–H groups in total. The Labute approximate surface area is 140 Å². The SMILES string of the molecule is Cc1cccc(NC(=S)NCCCN2CCC(C)CC2)c1C. The van der Waals surface area contributed by atoms with E-state index < -0.39 is 0 Å². The molecule has 3 nitrogen and oxygen atoms in total. The van der Waals surface area contributed by atoms with Gasteiger partial charge in [0, 0.05) is 12.2 Å². The van der Waals surface area contributed by atoms with E-state index in [9.17, 15) is 0 Å². The van der Waals surface area contributed by atoms with E-state index in [-0.39, 0.29) is 0 Å². The molecule has 1 saturated heterocycles. The summed E-state index contributed by atoms with van der Waals surface area (Å²) in [6, 6.07) is 6.26. The monoisotopic (exact) mass is 319 g/mol. The highest BCUT2D eigenvalue weighted by Crippen LogP contribution is 2.18. The van der Waals surface area contributed by atoms with Crippen molar-refractivity contribution in [1.29, 1.82) is 0 Å². The lowest BCUT2D eigenvalue weighted by Gasteiger charge is -2.30. The molecule has 1 aliphatic rings. The minimum absolute atomic E-state index is 0.723. The molecule has 1 fully saturated rings. The fraction of sp³-hybridized carbons (Fsp3) is 0.611. The molecule has 0 atom stereocenters. The smallest absolute Gasteiger partial charge is 0.170 e. The van der Waals surface area contributed by atoms with Crippen LogP contribution >= 0.6 is 12.2 Å². The summed E-state index contributed by atoms with van der Waals surface area (Å²) in [6.45, 7) is 11.2. The third kappa shape index (κ3) is 5.25. The number of anilines is 1. The number of rotatable bonds is 5. The Kier molecular flexibility index (Phi) is 6.65. The first-order valence-corrected chi connectivity index (χ1v) is 8.80. The molecule has 22 heavy (non-hydrogen) atoms. The summed E-state index contributed by atoms with van der Waals surface area (Å²) in [5, 5.41) is 7.34. The molecule has 1 aromatic carbocycles. The number of likely N-dealkylation sites (tertiary alicyclic amines) is 1. The Hall–Kier alpha value is -1.13. The molecule has 0 radical (unpaired) electrons. The maximum absolute atomic E-state index is 5.39. The number of nitrogens with one attached hydrogen (secondary N) is 2. The third-order valence-corrected chi connectivity index (χ3v) is 4.91. The topological polar surface area (TPSA) is 27.3 Å². The molecule has 1 aliphatic heterocycles. The quantitative estimate of drug-likeness (QED) is 0.639. The summed E-state index contributed by atoms with van der Waals surface area (Å²) in [4.78, 5) is 2.57. The van der Waals surface area contributed by atoms with Gasteiger partial charge in [-0.15, -0.1) is 0 Å². The second-order valence-electron chi connectivity index (χ2n) is 6.51. The lowest BCUT2D eigenvalue weighted by molar-refractivity contribution is 0.191. The molecular weight excluding hydrogens is 290 g/mol. The van der Waals surface area contributed by atoms with Crippen molar-refractivity contribution < 1.29 is 0 Å². The van der Waals surface area contributed by atoms with Crippen LogP contribution < -0.4 is 10.6 Å². The van der Waals surface area contributed by atoms with E-state index >= 15 is 0 Å². The van der Waals surface area contributed by atoms with Gasteiger partial charge in [0.2, 0.25) is 0 Å². The van der Waals surface area contributed by atoms with Crippen LogP contribution in [0.2, 0.25) is 0 Å². The van der Waals surface area contributed by atoms with Crippen LogP contribution in [0.25, 0.3) is 0 Å². The largest absolute Gasteiger partial charge is 0.362 e. The predicted octanol–water partition coefficient (Wildman–Crippen LogP) is 3.71. The number of benzene rings is 1. The molecule has 0 saturated carbocycles. The molecular formula is C18H29N3S. The average molecular weight is 320 g/mol. The van der Waals surface area contributed by atoms with Crippen LogP contribution in [0.5, 0.6) is 0 Å². The standard InChI is InChI=1S/C18H29N3S/c1-14-8-12-21(13-9-14)11-5-10-19-18(22)20-17-7-4-6-15(2)16(17)3/h4,6-7,14H,5,8-13H2,1-3H3,(H2,19,20,22). The second-order valence-corrected chi connectivity index (χ2v) is 6.91. The van der Waals surface area contributed by atoms with Gasteiger partial charge >= 0.3 is 0 Å². The molecule has 122 valence electrons. The average Bonchev–Trinajstić information content (AvgIpc) is 2.50. The van der Waals surface area contributed by atoms with Gasteiger partial charge in [0.05, 0.1) is 0 Å². The highest BCUT2D eigenvalue weighted by atomic mass is 32.1. The van der Waals surface area contributed by atoms with Gasteiger partial charge in [-0.2, -0.15) is 0 Å². The van der Waals surface area contributed by atoms with Crippen LogP contribution in [-0.4, -0.2) is 36.2 Å². The fourth-order valence-electron chi connectivity index (χ4n) is 2.84. The summed E-state index contributed by atoms with van der Waals surface area (Å²) >= 11 is 5.39. The summed E-state index contributed by atoms with van der Waals surface area (Å²) in [5.41, 5.74) is 3.64. The molecule has 2 rings (SSSR count). The summed E-state index contributed by atoms with van der Waals surface area (Å²) in [5.74, 6) is 0.906. The lowest BCUT2D eigenvalue weighted by Crippen LogP contribution is -2.36. The van der Waals surface area contributed by atoms with Crippen LogP contribution in [0.3, 0.4) is 0 Å². The number of aryl methyl sites for hydroxylation is 1. The number of hydrogen-bond acceptors (Lipinski definition) is 2. The number of hydrogen-bond donors (Lipinski definition) is 2. The minimum atomic E-state index is 0.723. The van der Waals surface area contributed by atoms with E-state index in [1.165, 1.54) is 43.6 Å². The van der Waals surface area contributed by atoms with E-state index in [2.05, 4.69) is 54.5 Å². The molecule has 1 heterocycles.